The van der Waals surface area contributed by atoms with E-state index in [4.69, 9.17) is 0 Å². The first-order chi connectivity index (χ1) is 5.27. The SMILES string of the molecule is CC(C)C1=NC2CCCC2=N1. The van der Waals surface area contributed by atoms with Gasteiger partial charge < -0.3 is 0 Å². The van der Waals surface area contributed by atoms with Crippen molar-refractivity contribution in [2.24, 2.45) is 15.9 Å². The predicted molar refractivity (Wildman–Crippen MR) is 47.3 cm³/mol. The van der Waals surface area contributed by atoms with Crippen molar-refractivity contribution >= 4 is 11.5 Å². The van der Waals surface area contributed by atoms with E-state index in [9.17, 15) is 0 Å². The lowest BCUT2D eigenvalue weighted by molar-refractivity contribution is 0.780. The van der Waals surface area contributed by atoms with Gasteiger partial charge in [-0.1, -0.05) is 13.8 Å². The van der Waals surface area contributed by atoms with Gasteiger partial charge in [0.25, 0.3) is 0 Å². The Kier molecular flexibility index (Phi) is 1.55. The fourth-order valence-electron chi connectivity index (χ4n) is 1.69. The minimum atomic E-state index is 0.479. The van der Waals surface area contributed by atoms with Crippen LogP contribution in [0.1, 0.15) is 33.1 Å². The van der Waals surface area contributed by atoms with Gasteiger partial charge in [0.15, 0.2) is 0 Å². The molecule has 0 amide bonds. The average Bonchev–Trinajstić information content (AvgIpc) is 2.40. The minimum absolute atomic E-state index is 0.479. The minimum Gasteiger partial charge on any atom is -0.261 e. The highest BCUT2D eigenvalue weighted by atomic mass is 15.0. The summed E-state index contributed by atoms with van der Waals surface area (Å²) in [4.78, 5) is 9.08. The van der Waals surface area contributed by atoms with Crippen LogP contribution in [0.4, 0.5) is 0 Å². The Morgan fingerprint density at radius 3 is 2.91 bits per heavy atom. The molecule has 1 aliphatic carbocycles. The van der Waals surface area contributed by atoms with E-state index in [2.05, 4.69) is 23.8 Å². The van der Waals surface area contributed by atoms with Gasteiger partial charge in [0.05, 0.1) is 6.04 Å². The molecule has 2 rings (SSSR count). The molecule has 11 heavy (non-hydrogen) atoms. The Balaban J connectivity index is 2.18. The first-order valence-electron chi connectivity index (χ1n) is 4.42. The van der Waals surface area contributed by atoms with Crippen molar-refractivity contribution in [1.29, 1.82) is 0 Å². The van der Waals surface area contributed by atoms with Crippen molar-refractivity contribution in [3.63, 3.8) is 0 Å². The summed E-state index contributed by atoms with van der Waals surface area (Å²) in [5, 5.41) is 0. The van der Waals surface area contributed by atoms with Crippen molar-refractivity contribution in [1.82, 2.24) is 0 Å². The molecule has 1 saturated carbocycles. The summed E-state index contributed by atoms with van der Waals surface area (Å²) in [6, 6.07) is 0.479. The molecule has 1 atom stereocenters. The smallest absolute Gasteiger partial charge is 0.126 e. The Labute approximate surface area is 67.4 Å². The van der Waals surface area contributed by atoms with E-state index in [-0.39, 0.29) is 0 Å². The molecule has 0 radical (unpaired) electrons. The molecule has 2 nitrogen and oxygen atoms in total. The third-order valence-corrected chi connectivity index (χ3v) is 2.36. The lowest BCUT2D eigenvalue weighted by Crippen LogP contribution is -2.04. The molecule has 0 N–H and O–H groups in total. The van der Waals surface area contributed by atoms with Gasteiger partial charge in [-0.05, 0) is 19.3 Å². The van der Waals surface area contributed by atoms with Gasteiger partial charge >= 0.3 is 0 Å². The number of hydrogen-bond donors (Lipinski definition) is 0. The van der Waals surface area contributed by atoms with Crippen molar-refractivity contribution in [3.05, 3.63) is 0 Å². The molecular formula is C9H14N2. The third-order valence-electron chi connectivity index (χ3n) is 2.36. The Morgan fingerprint density at radius 2 is 2.27 bits per heavy atom. The quantitative estimate of drug-likeness (QED) is 0.546. The molecule has 0 aromatic carbocycles. The van der Waals surface area contributed by atoms with E-state index < -0.39 is 0 Å². The molecule has 0 saturated heterocycles. The molecule has 1 aliphatic heterocycles. The van der Waals surface area contributed by atoms with Gasteiger partial charge in [0.1, 0.15) is 5.84 Å². The van der Waals surface area contributed by atoms with Crippen molar-refractivity contribution < 1.29 is 0 Å². The van der Waals surface area contributed by atoms with Crippen LogP contribution in [0, 0.1) is 5.92 Å². The Bertz CT molecular complexity index is 226. The summed E-state index contributed by atoms with van der Waals surface area (Å²) >= 11 is 0. The van der Waals surface area contributed by atoms with Crippen LogP contribution in [0.25, 0.3) is 0 Å². The lowest BCUT2D eigenvalue weighted by Gasteiger charge is -1.99. The number of nitrogens with zero attached hydrogens (tertiary/aromatic N) is 2. The van der Waals surface area contributed by atoms with Crippen LogP contribution < -0.4 is 0 Å². The van der Waals surface area contributed by atoms with Crippen LogP contribution in [0.5, 0.6) is 0 Å². The van der Waals surface area contributed by atoms with E-state index >= 15 is 0 Å². The number of amidine groups is 1. The summed E-state index contributed by atoms with van der Waals surface area (Å²) in [5.41, 5.74) is 1.34. The second-order valence-electron chi connectivity index (χ2n) is 3.65. The second-order valence-corrected chi connectivity index (χ2v) is 3.65. The van der Waals surface area contributed by atoms with Gasteiger partial charge in [0, 0.05) is 11.6 Å². The van der Waals surface area contributed by atoms with Crippen LogP contribution in [-0.2, 0) is 0 Å². The molecule has 1 fully saturated rings. The maximum absolute atomic E-state index is 4.56. The zero-order chi connectivity index (χ0) is 7.84. The highest BCUT2D eigenvalue weighted by molar-refractivity contribution is 6.07. The van der Waals surface area contributed by atoms with Crippen LogP contribution >= 0.6 is 0 Å². The van der Waals surface area contributed by atoms with Crippen LogP contribution in [-0.4, -0.2) is 17.6 Å². The fourth-order valence-corrected chi connectivity index (χ4v) is 1.69. The average molecular weight is 150 g/mol. The maximum atomic E-state index is 4.56. The molecule has 1 unspecified atom stereocenters. The standard InChI is InChI=1S/C9H14N2/c1-6(2)9-10-7-4-3-5-8(7)11-9/h6-7H,3-5H2,1-2H3. The molecular weight excluding hydrogens is 136 g/mol. The highest BCUT2D eigenvalue weighted by Crippen LogP contribution is 2.25. The molecule has 0 aromatic rings. The lowest BCUT2D eigenvalue weighted by atomic mass is 10.2. The topological polar surface area (TPSA) is 24.7 Å². The van der Waals surface area contributed by atoms with E-state index in [1.54, 1.807) is 0 Å². The normalized spacial score (nSPS) is 28.8. The highest BCUT2D eigenvalue weighted by Gasteiger charge is 2.27. The molecule has 60 valence electrons. The predicted octanol–water partition coefficient (Wildman–Crippen LogP) is 2.05. The Hall–Kier alpha value is -0.660. The number of fused-ring (bicyclic) bond motifs is 1. The van der Waals surface area contributed by atoms with E-state index in [0.717, 1.165) is 5.84 Å². The monoisotopic (exact) mass is 150 g/mol. The van der Waals surface area contributed by atoms with Gasteiger partial charge in [-0.25, -0.2) is 4.99 Å². The molecule has 0 spiro atoms. The zero-order valence-corrected chi connectivity index (χ0v) is 7.17. The summed E-state index contributed by atoms with van der Waals surface area (Å²) in [6.45, 7) is 4.31. The van der Waals surface area contributed by atoms with Crippen molar-refractivity contribution in [2.45, 2.75) is 39.2 Å². The van der Waals surface area contributed by atoms with E-state index in [0.29, 0.717) is 12.0 Å². The summed E-state index contributed by atoms with van der Waals surface area (Å²) in [7, 11) is 0. The van der Waals surface area contributed by atoms with Gasteiger partial charge in [-0.15, -0.1) is 0 Å². The first kappa shape index (κ1) is 7.01. The van der Waals surface area contributed by atoms with Crippen molar-refractivity contribution in [2.75, 3.05) is 0 Å². The summed E-state index contributed by atoms with van der Waals surface area (Å²) in [6.07, 6.45) is 3.71. The van der Waals surface area contributed by atoms with E-state index in [1.807, 2.05) is 0 Å². The van der Waals surface area contributed by atoms with Crippen LogP contribution in [0.15, 0.2) is 9.98 Å². The third kappa shape index (κ3) is 1.10. The molecule has 1 heterocycles. The summed E-state index contributed by atoms with van der Waals surface area (Å²) in [5.74, 6) is 1.58. The van der Waals surface area contributed by atoms with Gasteiger partial charge in [-0.2, -0.15) is 0 Å². The number of rotatable bonds is 1. The number of aliphatic imine (C=N–C) groups is 2. The van der Waals surface area contributed by atoms with Crippen molar-refractivity contribution in [3.8, 4) is 0 Å². The molecule has 2 heteroatoms. The zero-order valence-electron chi connectivity index (χ0n) is 7.17. The molecule has 2 aliphatic rings. The molecule has 0 bridgehead atoms. The molecule has 0 aromatic heterocycles. The fraction of sp³-hybridized carbons (Fsp3) is 0.778. The summed E-state index contributed by atoms with van der Waals surface area (Å²) < 4.78 is 0. The largest absolute Gasteiger partial charge is 0.261 e. The number of hydrogen-bond acceptors (Lipinski definition) is 2. The Morgan fingerprint density at radius 1 is 1.45 bits per heavy atom. The van der Waals surface area contributed by atoms with Gasteiger partial charge in [0.2, 0.25) is 0 Å². The van der Waals surface area contributed by atoms with Gasteiger partial charge in [-0.3, -0.25) is 4.99 Å². The second kappa shape index (κ2) is 2.43. The van der Waals surface area contributed by atoms with Crippen LogP contribution in [0.2, 0.25) is 0 Å². The first-order valence-corrected chi connectivity index (χ1v) is 4.42. The van der Waals surface area contributed by atoms with E-state index in [1.165, 1.54) is 25.0 Å². The van der Waals surface area contributed by atoms with Crippen LogP contribution in [0.3, 0.4) is 0 Å². The maximum Gasteiger partial charge on any atom is 0.126 e.